The number of rotatable bonds is 7. The number of hydrogen-bond donors (Lipinski definition) is 3. The van der Waals surface area contributed by atoms with Gasteiger partial charge in [0.1, 0.15) is 5.75 Å². The number of primary amides is 1. The second-order valence-corrected chi connectivity index (χ2v) is 4.92. The molecule has 0 heterocycles. The zero-order valence-electron chi connectivity index (χ0n) is 12.7. The van der Waals surface area contributed by atoms with Gasteiger partial charge in [0.15, 0.2) is 6.10 Å². The number of amides is 3. The summed E-state index contributed by atoms with van der Waals surface area (Å²) in [5, 5.41) is 5.33. The van der Waals surface area contributed by atoms with Crippen molar-refractivity contribution in [3.63, 3.8) is 0 Å². The van der Waals surface area contributed by atoms with E-state index in [0.29, 0.717) is 11.8 Å². The molecule has 0 aliphatic rings. The highest BCUT2D eigenvalue weighted by Gasteiger charge is 2.16. The Hall–Kier alpha value is -2.08. The molecule has 0 aliphatic heterocycles. The summed E-state index contributed by atoms with van der Waals surface area (Å²) in [4.78, 5) is 22.1. The summed E-state index contributed by atoms with van der Waals surface area (Å²) in [6.07, 6.45) is 0.135. The third-order valence-electron chi connectivity index (χ3n) is 2.95. The van der Waals surface area contributed by atoms with Gasteiger partial charge in [0, 0.05) is 6.04 Å². The molecule has 2 unspecified atom stereocenters. The van der Waals surface area contributed by atoms with Crippen molar-refractivity contribution in [3.05, 3.63) is 29.8 Å². The second kappa shape index (κ2) is 8.26. The Morgan fingerprint density at radius 1 is 1.24 bits per heavy atom. The Kier molecular flexibility index (Phi) is 6.68. The van der Waals surface area contributed by atoms with E-state index in [0.717, 1.165) is 13.0 Å². The van der Waals surface area contributed by atoms with Gasteiger partial charge < -0.3 is 15.8 Å². The monoisotopic (exact) mass is 293 g/mol. The van der Waals surface area contributed by atoms with E-state index in [2.05, 4.69) is 19.2 Å². The number of ether oxygens (including phenoxy) is 1. The molecule has 6 nitrogen and oxygen atoms in total. The summed E-state index contributed by atoms with van der Waals surface area (Å²) in [5.74, 6) is 0.00863. The van der Waals surface area contributed by atoms with Crippen LogP contribution in [0.4, 0.5) is 4.79 Å². The van der Waals surface area contributed by atoms with Gasteiger partial charge in [-0.3, -0.25) is 10.1 Å². The Morgan fingerprint density at radius 3 is 2.38 bits per heavy atom. The van der Waals surface area contributed by atoms with Crippen LogP contribution in [0.3, 0.4) is 0 Å². The van der Waals surface area contributed by atoms with Crippen LogP contribution < -0.4 is 21.1 Å². The number of imide groups is 1. The lowest BCUT2D eigenvalue weighted by molar-refractivity contribution is -0.126. The van der Waals surface area contributed by atoms with Crippen LogP contribution >= 0.6 is 0 Å². The topological polar surface area (TPSA) is 93.4 Å². The molecule has 6 heteroatoms. The van der Waals surface area contributed by atoms with Crippen LogP contribution in [0.5, 0.6) is 5.75 Å². The van der Waals surface area contributed by atoms with Crippen LogP contribution in [0, 0.1) is 0 Å². The van der Waals surface area contributed by atoms with E-state index in [1.165, 1.54) is 5.56 Å². The van der Waals surface area contributed by atoms with Crippen LogP contribution in [0.15, 0.2) is 24.3 Å². The van der Waals surface area contributed by atoms with Crippen molar-refractivity contribution in [2.45, 2.75) is 39.3 Å². The molecule has 4 N–H and O–H groups in total. The summed E-state index contributed by atoms with van der Waals surface area (Å²) >= 11 is 0. The van der Waals surface area contributed by atoms with Crippen molar-refractivity contribution in [1.29, 1.82) is 0 Å². The first kappa shape index (κ1) is 17.0. The number of urea groups is 1. The molecule has 1 aromatic carbocycles. The highest BCUT2D eigenvalue weighted by atomic mass is 16.5. The lowest BCUT2D eigenvalue weighted by Gasteiger charge is -2.15. The molecule has 21 heavy (non-hydrogen) atoms. The van der Waals surface area contributed by atoms with Gasteiger partial charge in [0.25, 0.3) is 5.91 Å². The van der Waals surface area contributed by atoms with Crippen molar-refractivity contribution in [2.75, 3.05) is 6.54 Å². The van der Waals surface area contributed by atoms with Crippen molar-refractivity contribution in [3.8, 4) is 5.75 Å². The number of nitrogens with two attached hydrogens (primary N) is 1. The minimum absolute atomic E-state index is 0.405. The zero-order valence-corrected chi connectivity index (χ0v) is 12.7. The van der Waals surface area contributed by atoms with E-state index in [-0.39, 0.29) is 0 Å². The molecule has 0 radical (unpaired) electrons. The summed E-state index contributed by atoms with van der Waals surface area (Å²) < 4.78 is 5.45. The van der Waals surface area contributed by atoms with Crippen molar-refractivity contribution in [1.82, 2.24) is 10.6 Å². The molecule has 1 aromatic rings. The Bertz CT molecular complexity index is 474. The van der Waals surface area contributed by atoms with Crippen LogP contribution in [-0.2, 0) is 11.2 Å². The summed E-state index contributed by atoms with van der Waals surface area (Å²) in [6.45, 7) is 6.70. The molecule has 116 valence electrons. The van der Waals surface area contributed by atoms with Gasteiger partial charge in [-0.25, -0.2) is 4.79 Å². The summed E-state index contributed by atoms with van der Waals surface area (Å²) in [6, 6.07) is 7.05. The Balaban J connectivity index is 2.54. The largest absolute Gasteiger partial charge is 0.481 e. The maximum Gasteiger partial charge on any atom is 0.318 e. The number of likely N-dealkylation sites (N-methyl/N-ethyl adjacent to an activating group) is 1. The predicted octanol–water partition coefficient (Wildman–Crippen LogP) is 1.19. The standard InChI is InChI=1S/C15H23N3O3/c1-4-17-10(2)9-12-5-7-13(8-6-12)21-11(3)14(19)18-15(16)20/h5-8,10-11,17H,4,9H2,1-3H3,(H3,16,18,19,20). The van der Waals surface area contributed by atoms with Gasteiger partial charge in [-0.1, -0.05) is 19.1 Å². The van der Waals surface area contributed by atoms with Gasteiger partial charge in [-0.05, 0) is 44.5 Å². The van der Waals surface area contributed by atoms with Gasteiger partial charge in [0.2, 0.25) is 0 Å². The molecule has 0 saturated carbocycles. The second-order valence-electron chi connectivity index (χ2n) is 4.92. The molecule has 2 atom stereocenters. The Morgan fingerprint density at radius 2 is 1.86 bits per heavy atom. The molecule has 0 fully saturated rings. The van der Waals surface area contributed by atoms with Crippen molar-refractivity contribution >= 4 is 11.9 Å². The first-order chi connectivity index (χ1) is 9.92. The third kappa shape index (κ3) is 6.27. The molecule has 0 bridgehead atoms. The molecular weight excluding hydrogens is 270 g/mol. The van der Waals surface area contributed by atoms with E-state index in [9.17, 15) is 9.59 Å². The van der Waals surface area contributed by atoms with Crippen molar-refractivity contribution in [2.24, 2.45) is 5.73 Å². The lowest BCUT2D eigenvalue weighted by atomic mass is 10.1. The maximum absolute atomic E-state index is 11.5. The molecule has 1 rings (SSSR count). The fourth-order valence-corrected chi connectivity index (χ4v) is 1.96. The van der Waals surface area contributed by atoms with Crippen LogP contribution in [0.25, 0.3) is 0 Å². The first-order valence-corrected chi connectivity index (χ1v) is 7.01. The molecule has 0 spiro atoms. The number of nitrogens with one attached hydrogen (secondary N) is 2. The first-order valence-electron chi connectivity index (χ1n) is 7.01. The SMILES string of the molecule is CCNC(C)Cc1ccc(OC(C)C(=O)NC(N)=O)cc1. The van der Waals surface area contributed by atoms with Gasteiger partial charge in [0.05, 0.1) is 0 Å². The third-order valence-corrected chi connectivity index (χ3v) is 2.95. The molecule has 0 saturated heterocycles. The zero-order chi connectivity index (χ0) is 15.8. The number of hydrogen-bond acceptors (Lipinski definition) is 4. The number of benzene rings is 1. The van der Waals surface area contributed by atoms with Gasteiger partial charge in [-0.15, -0.1) is 0 Å². The molecule has 0 aromatic heterocycles. The van der Waals surface area contributed by atoms with Gasteiger partial charge >= 0.3 is 6.03 Å². The fourth-order valence-electron chi connectivity index (χ4n) is 1.96. The van der Waals surface area contributed by atoms with E-state index in [1.54, 1.807) is 6.92 Å². The molecular formula is C15H23N3O3. The Labute approximate surface area is 125 Å². The summed E-state index contributed by atoms with van der Waals surface area (Å²) in [7, 11) is 0. The predicted molar refractivity (Wildman–Crippen MR) is 81.1 cm³/mol. The average Bonchev–Trinajstić information content (AvgIpc) is 2.40. The van der Waals surface area contributed by atoms with Crippen LogP contribution in [0.2, 0.25) is 0 Å². The van der Waals surface area contributed by atoms with Crippen molar-refractivity contribution < 1.29 is 14.3 Å². The fraction of sp³-hybridized carbons (Fsp3) is 0.467. The highest BCUT2D eigenvalue weighted by molar-refractivity contribution is 5.95. The quantitative estimate of drug-likeness (QED) is 0.704. The minimum atomic E-state index is -0.886. The smallest absolute Gasteiger partial charge is 0.318 e. The van der Waals surface area contributed by atoms with E-state index < -0.39 is 18.0 Å². The molecule has 3 amide bonds. The summed E-state index contributed by atoms with van der Waals surface area (Å²) in [5.41, 5.74) is 6.07. The maximum atomic E-state index is 11.5. The minimum Gasteiger partial charge on any atom is -0.481 e. The van der Waals surface area contributed by atoms with Gasteiger partial charge in [-0.2, -0.15) is 0 Å². The number of carbonyl (C=O) groups is 2. The lowest BCUT2D eigenvalue weighted by Crippen LogP contribution is -2.42. The van der Waals surface area contributed by atoms with E-state index >= 15 is 0 Å². The van der Waals surface area contributed by atoms with Crippen LogP contribution in [0.1, 0.15) is 26.3 Å². The normalized spacial score (nSPS) is 13.3. The molecule has 0 aliphatic carbocycles. The van der Waals surface area contributed by atoms with E-state index in [1.807, 2.05) is 29.6 Å². The number of carbonyl (C=O) groups excluding carboxylic acids is 2. The van der Waals surface area contributed by atoms with Crippen LogP contribution in [-0.4, -0.2) is 30.6 Å². The van der Waals surface area contributed by atoms with E-state index in [4.69, 9.17) is 10.5 Å². The highest BCUT2D eigenvalue weighted by Crippen LogP contribution is 2.15. The average molecular weight is 293 g/mol.